The fraction of sp³-hybridized carbons (Fsp3) is 0.375. The normalized spacial score (nSPS) is 18.9. The van der Waals surface area contributed by atoms with Gasteiger partial charge in [0.05, 0.1) is 24.0 Å². The number of aryl methyl sites for hydroxylation is 1. The Morgan fingerprint density at radius 3 is 2.63 bits per heavy atom. The third-order valence-corrected chi connectivity index (χ3v) is 6.12. The van der Waals surface area contributed by atoms with Crippen LogP contribution < -0.4 is 15.5 Å². The van der Waals surface area contributed by atoms with E-state index in [1.807, 2.05) is 44.3 Å². The second kappa shape index (κ2) is 8.88. The Morgan fingerprint density at radius 1 is 1.17 bits per heavy atom. The van der Waals surface area contributed by atoms with E-state index in [2.05, 4.69) is 30.7 Å². The number of halogens is 3. The number of nitrogens with zero attached hydrogens (tertiary/aromatic N) is 5. The van der Waals surface area contributed by atoms with Crippen LogP contribution in [0.25, 0.3) is 22.2 Å². The van der Waals surface area contributed by atoms with E-state index in [0.717, 1.165) is 34.3 Å². The van der Waals surface area contributed by atoms with Crippen LogP contribution in [0.1, 0.15) is 25.1 Å². The van der Waals surface area contributed by atoms with Gasteiger partial charge in [0.15, 0.2) is 0 Å². The molecule has 11 heteroatoms. The van der Waals surface area contributed by atoms with Crippen molar-refractivity contribution in [3.05, 3.63) is 54.2 Å². The first-order chi connectivity index (χ1) is 16.7. The molecule has 0 unspecified atom stereocenters. The molecule has 0 radical (unpaired) electrons. The lowest BCUT2D eigenvalue weighted by atomic mass is 10.1. The van der Waals surface area contributed by atoms with Crippen LogP contribution in [-0.4, -0.2) is 49.9 Å². The molecule has 1 aliphatic heterocycles. The number of aromatic nitrogens is 5. The van der Waals surface area contributed by atoms with E-state index >= 15 is 0 Å². The van der Waals surface area contributed by atoms with Crippen molar-refractivity contribution in [2.45, 2.75) is 38.7 Å². The molecule has 3 N–H and O–H groups in total. The molecule has 4 aromatic rings. The molecule has 5 heterocycles. The van der Waals surface area contributed by atoms with Crippen molar-refractivity contribution >= 4 is 22.5 Å². The Morgan fingerprint density at radius 2 is 1.94 bits per heavy atom. The minimum atomic E-state index is -4.46. The number of nitrogens with one attached hydrogen (secondary N) is 3. The van der Waals surface area contributed by atoms with Crippen molar-refractivity contribution < 1.29 is 13.2 Å². The largest absolute Gasteiger partial charge is 0.416 e. The van der Waals surface area contributed by atoms with Gasteiger partial charge in [0.25, 0.3) is 0 Å². The average Bonchev–Trinajstić information content (AvgIpc) is 3.42. The molecule has 0 saturated carbocycles. The van der Waals surface area contributed by atoms with Crippen LogP contribution in [0, 0.1) is 0 Å². The van der Waals surface area contributed by atoms with Crippen LogP contribution in [0.15, 0.2) is 43.0 Å². The number of rotatable bonds is 5. The number of pyridine rings is 2. The standard InChI is InChI=1S/C24H27F3N8/c1-14-11-35(12-15(2)32-14)21-7-17(24(25,26)27)6-18(33-21)9-29-20-4-5-28-23-22(20)19(10-30-23)16-8-31-34(3)13-16/h4-8,10,13-15,32H,9,11-12H2,1-3H3,(H2,28,29,30)/t14-,15+. The van der Waals surface area contributed by atoms with Gasteiger partial charge >= 0.3 is 6.18 Å². The highest BCUT2D eigenvalue weighted by atomic mass is 19.4. The summed E-state index contributed by atoms with van der Waals surface area (Å²) in [7, 11) is 1.84. The Hall–Kier alpha value is -3.60. The highest BCUT2D eigenvalue weighted by Crippen LogP contribution is 2.34. The number of fused-ring (bicyclic) bond motifs is 1. The third kappa shape index (κ3) is 4.81. The first-order valence-corrected chi connectivity index (χ1v) is 11.5. The van der Waals surface area contributed by atoms with Gasteiger partial charge in [0, 0.05) is 73.0 Å². The summed E-state index contributed by atoms with van der Waals surface area (Å²) < 4.78 is 42.9. The molecule has 0 aliphatic carbocycles. The molecule has 2 atom stereocenters. The van der Waals surface area contributed by atoms with E-state index in [1.54, 1.807) is 17.1 Å². The molecule has 8 nitrogen and oxygen atoms in total. The van der Waals surface area contributed by atoms with E-state index < -0.39 is 11.7 Å². The van der Waals surface area contributed by atoms with Crippen LogP contribution in [0.4, 0.5) is 24.7 Å². The zero-order chi connectivity index (χ0) is 24.7. The summed E-state index contributed by atoms with van der Waals surface area (Å²) in [5.74, 6) is 0.342. The fourth-order valence-corrected chi connectivity index (χ4v) is 4.68. The van der Waals surface area contributed by atoms with Gasteiger partial charge in [-0.1, -0.05) is 0 Å². The molecule has 1 aliphatic rings. The zero-order valence-corrected chi connectivity index (χ0v) is 19.7. The minimum absolute atomic E-state index is 0.130. The molecule has 35 heavy (non-hydrogen) atoms. The molecule has 0 amide bonds. The predicted octanol–water partition coefficient (Wildman–Crippen LogP) is 4.18. The zero-order valence-electron chi connectivity index (χ0n) is 19.7. The number of hydrogen-bond donors (Lipinski definition) is 3. The van der Waals surface area contributed by atoms with Gasteiger partial charge in [0.1, 0.15) is 11.5 Å². The van der Waals surface area contributed by atoms with Gasteiger partial charge in [-0.15, -0.1) is 0 Å². The molecule has 0 aromatic carbocycles. The van der Waals surface area contributed by atoms with Gasteiger partial charge in [-0.05, 0) is 32.0 Å². The highest BCUT2D eigenvalue weighted by molar-refractivity contribution is 6.02. The van der Waals surface area contributed by atoms with Gasteiger partial charge in [-0.25, -0.2) is 9.97 Å². The number of anilines is 2. The topological polar surface area (TPSA) is 86.7 Å². The number of hydrogen-bond acceptors (Lipinski definition) is 6. The Balaban J connectivity index is 1.47. The summed E-state index contributed by atoms with van der Waals surface area (Å²) in [6.07, 6.45) is 2.71. The van der Waals surface area contributed by atoms with Gasteiger partial charge < -0.3 is 20.5 Å². The van der Waals surface area contributed by atoms with Crippen molar-refractivity contribution in [1.29, 1.82) is 0 Å². The Kier molecular flexibility index (Phi) is 5.87. The lowest BCUT2D eigenvalue weighted by Crippen LogP contribution is -2.54. The van der Waals surface area contributed by atoms with Crippen molar-refractivity contribution in [2.75, 3.05) is 23.3 Å². The maximum Gasteiger partial charge on any atom is 0.416 e. The second-order valence-corrected chi connectivity index (χ2v) is 9.12. The van der Waals surface area contributed by atoms with Gasteiger partial charge in [-0.3, -0.25) is 4.68 Å². The van der Waals surface area contributed by atoms with Crippen LogP contribution >= 0.6 is 0 Å². The maximum absolute atomic E-state index is 13.7. The number of H-pyrrole nitrogens is 1. The predicted molar refractivity (Wildman–Crippen MR) is 129 cm³/mol. The average molecular weight is 485 g/mol. The highest BCUT2D eigenvalue weighted by Gasteiger charge is 2.33. The van der Waals surface area contributed by atoms with E-state index in [9.17, 15) is 13.2 Å². The minimum Gasteiger partial charge on any atom is -0.379 e. The van der Waals surface area contributed by atoms with Crippen LogP contribution in [0.5, 0.6) is 0 Å². The summed E-state index contributed by atoms with van der Waals surface area (Å²) in [4.78, 5) is 14.1. The third-order valence-electron chi connectivity index (χ3n) is 6.12. The summed E-state index contributed by atoms with van der Waals surface area (Å²) in [5, 5.41) is 11.8. The lowest BCUT2D eigenvalue weighted by molar-refractivity contribution is -0.137. The first kappa shape index (κ1) is 23.2. The van der Waals surface area contributed by atoms with Crippen LogP contribution in [0.2, 0.25) is 0 Å². The van der Waals surface area contributed by atoms with E-state index in [0.29, 0.717) is 30.2 Å². The Bertz CT molecular complexity index is 1330. The molecule has 1 saturated heterocycles. The molecule has 0 spiro atoms. The monoisotopic (exact) mass is 484 g/mol. The summed E-state index contributed by atoms with van der Waals surface area (Å²) in [5.41, 5.74) is 2.87. The Labute approximate surface area is 200 Å². The van der Waals surface area contributed by atoms with E-state index in [1.165, 1.54) is 0 Å². The number of piperazine rings is 1. The molecule has 5 rings (SSSR count). The SMILES string of the molecule is C[C@@H]1CN(c2cc(C(F)(F)F)cc(CNc3ccnc4[nH]cc(-c5cnn(C)c5)c34)n2)C[C@H](C)N1. The first-order valence-electron chi connectivity index (χ1n) is 11.5. The van der Waals surface area contributed by atoms with Crippen LogP contribution in [-0.2, 0) is 19.8 Å². The molecule has 0 bridgehead atoms. The fourth-order valence-electron chi connectivity index (χ4n) is 4.68. The number of aromatic amines is 1. The summed E-state index contributed by atoms with van der Waals surface area (Å²) >= 11 is 0. The summed E-state index contributed by atoms with van der Waals surface area (Å²) in [6.45, 7) is 5.35. The smallest absolute Gasteiger partial charge is 0.379 e. The van der Waals surface area contributed by atoms with Gasteiger partial charge in [0.2, 0.25) is 0 Å². The lowest BCUT2D eigenvalue weighted by Gasteiger charge is -2.37. The van der Waals surface area contributed by atoms with E-state index in [-0.39, 0.29) is 18.6 Å². The summed E-state index contributed by atoms with van der Waals surface area (Å²) in [6, 6.07) is 4.38. The molecular weight excluding hydrogens is 457 g/mol. The van der Waals surface area contributed by atoms with Crippen LogP contribution in [0.3, 0.4) is 0 Å². The second-order valence-electron chi connectivity index (χ2n) is 9.12. The quantitative estimate of drug-likeness (QED) is 0.394. The number of alkyl halides is 3. The molecule has 4 aromatic heterocycles. The van der Waals surface area contributed by atoms with E-state index in [4.69, 9.17) is 0 Å². The molecule has 184 valence electrons. The molecule has 1 fully saturated rings. The molecular formula is C24H27F3N8. The van der Waals surface area contributed by atoms with Gasteiger partial charge in [-0.2, -0.15) is 18.3 Å². The van der Waals surface area contributed by atoms with Crippen molar-refractivity contribution in [3.63, 3.8) is 0 Å². The van der Waals surface area contributed by atoms with Crippen molar-refractivity contribution in [3.8, 4) is 11.1 Å². The van der Waals surface area contributed by atoms with Crippen molar-refractivity contribution in [1.82, 2.24) is 30.0 Å². The maximum atomic E-state index is 13.7. The van der Waals surface area contributed by atoms with Crippen molar-refractivity contribution in [2.24, 2.45) is 7.05 Å².